The Balaban J connectivity index is 1.63. The zero-order chi connectivity index (χ0) is 28.6. The van der Waals surface area contributed by atoms with E-state index in [0.717, 1.165) is 18.3 Å². The fourth-order valence-electron chi connectivity index (χ4n) is 7.47. The molecule has 1 atom stereocenters. The maximum absolute atomic E-state index is 6.67. The lowest BCUT2D eigenvalue weighted by molar-refractivity contribution is 0.00578. The van der Waals surface area contributed by atoms with E-state index >= 15 is 0 Å². The van der Waals surface area contributed by atoms with Crippen LogP contribution in [0.1, 0.15) is 69.7 Å². The van der Waals surface area contributed by atoms with Crippen LogP contribution in [0.25, 0.3) is 16.7 Å². The fourth-order valence-corrected chi connectivity index (χ4v) is 7.47. The van der Waals surface area contributed by atoms with Crippen LogP contribution in [0, 0.1) is 0 Å². The van der Waals surface area contributed by atoms with Gasteiger partial charge in [-0.1, -0.05) is 104 Å². The van der Waals surface area contributed by atoms with Crippen molar-refractivity contribution in [3.05, 3.63) is 143 Å². The first-order chi connectivity index (χ1) is 19.8. The van der Waals surface area contributed by atoms with Gasteiger partial charge in [-0.15, -0.1) is 0 Å². The molecule has 1 spiro atoms. The number of rotatable bonds is 3. The monoisotopic (exact) mass is 536 g/mol. The van der Waals surface area contributed by atoms with Crippen LogP contribution in [0.15, 0.2) is 120 Å². The summed E-state index contributed by atoms with van der Waals surface area (Å²) >= 11 is 0. The third kappa shape index (κ3) is 3.46. The van der Waals surface area contributed by atoms with E-state index in [1.165, 1.54) is 55.7 Å². The van der Waals surface area contributed by atoms with Gasteiger partial charge in [0.15, 0.2) is 0 Å². The summed E-state index contributed by atoms with van der Waals surface area (Å²) in [6.45, 7) is 15.0. The maximum Gasteiger partial charge on any atom is 0.495 e. The average Bonchev–Trinajstić information content (AvgIpc) is 3.35. The standard InChI is InChI=1S/C38H37BO2/c1-7-16-30-25(8-2)26-17-9-10-18-27(26)28-19-11-13-21-31(28)38(30)32-22-14-12-20-29(32)35-33(38)23-15-24-34(35)39-40-36(3,4)37(5,6)41-39/h7-9,11-17,19-24H,2,10,18H2,1,3-6H3/b16-7-. The minimum absolute atomic E-state index is 0.424. The quantitative estimate of drug-likeness (QED) is 0.313. The summed E-state index contributed by atoms with van der Waals surface area (Å²) in [5, 5.41) is 0. The van der Waals surface area contributed by atoms with E-state index in [1.54, 1.807) is 0 Å². The van der Waals surface area contributed by atoms with Crippen LogP contribution in [0.3, 0.4) is 0 Å². The first kappa shape index (κ1) is 26.3. The molecule has 4 aliphatic rings. The number of hydrogen-bond donors (Lipinski definition) is 0. The fraction of sp³-hybridized carbons (Fsp3) is 0.263. The van der Waals surface area contributed by atoms with E-state index in [0.29, 0.717) is 0 Å². The van der Waals surface area contributed by atoms with Gasteiger partial charge in [0.05, 0.1) is 16.6 Å². The highest BCUT2D eigenvalue weighted by Crippen LogP contribution is 2.60. The Labute approximate surface area is 244 Å². The van der Waals surface area contributed by atoms with Crippen LogP contribution in [0.5, 0.6) is 0 Å². The second-order valence-corrected chi connectivity index (χ2v) is 12.6. The van der Waals surface area contributed by atoms with Crippen molar-refractivity contribution in [1.29, 1.82) is 0 Å². The zero-order valence-corrected chi connectivity index (χ0v) is 24.8. The molecule has 3 aromatic rings. The summed E-state index contributed by atoms with van der Waals surface area (Å²) in [4.78, 5) is 0. The molecule has 1 aliphatic heterocycles. The normalized spacial score (nSPS) is 23.5. The Kier molecular flexibility index (Phi) is 5.88. The Bertz CT molecular complexity index is 1710. The van der Waals surface area contributed by atoms with E-state index in [1.807, 2.05) is 0 Å². The van der Waals surface area contributed by atoms with Crippen molar-refractivity contribution in [2.45, 2.75) is 64.1 Å². The molecule has 0 aromatic heterocycles. The van der Waals surface area contributed by atoms with Crippen LogP contribution in [0.4, 0.5) is 0 Å². The van der Waals surface area contributed by atoms with Gasteiger partial charge in [-0.3, -0.25) is 0 Å². The van der Waals surface area contributed by atoms with Crippen molar-refractivity contribution in [3.8, 4) is 11.1 Å². The Morgan fingerprint density at radius 2 is 1.44 bits per heavy atom. The predicted molar refractivity (Wildman–Crippen MR) is 171 cm³/mol. The van der Waals surface area contributed by atoms with Gasteiger partial charge in [0, 0.05) is 0 Å². The molecule has 41 heavy (non-hydrogen) atoms. The van der Waals surface area contributed by atoms with Crippen LogP contribution in [-0.2, 0) is 14.7 Å². The van der Waals surface area contributed by atoms with Gasteiger partial charge in [0.25, 0.3) is 0 Å². The molecule has 0 bridgehead atoms. The molecule has 1 unspecified atom stereocenters. The van der Waals surface area contributed by atoms with Crippen LogP contribution in [0.2, 0.25) is 0 Å². The highest BCUT2D eigenvalue weighted by Gasteiger charge is 2.55. The summed E-state index contributed by atoms with van der Waals surface area (Å²) in [6, 6.07) is 24.7. The van der Waals surface area contributed by atoms with Crippen LogP contribution >= 0.6 is 0 Å². The molecule has 1 saturated heterocycles. The molecule has 2 nitrogen and oxygen atoms in total. The van der Waals surface area contributed by atoms with E-state index in [9.17, 15) is 0 Å². The first-order valence-electron chi connectivity index (χ1n) is 14.8. The first-order valence-corrected chi connectivity index (χ1v) is 14.8. The molecule has 204 valence electrons. The lowest BCUT2D eigenvalue weighted by Gasteiger charge is -2.36. The minimum Gasteiger partial charge on any atom is -0.399 e. The topological polar surface area (TPSA) is 18.5 Å². The molecule has 1 heterocycles. The Hall–Kier alpha value is -3.66. The number of hydrogen-bond acceptors (Lipinski definition) is 2. The SMILES string of the molecule is C=CC1=C(/C=C\C)C2(c3ccccc3C3=C1C=CCC3)c1ccccc1-c1c(B3OC(C)(C)C(C)(C)O3)cccc12. The molecule has 7 rings (SSSR count). The summed E-state index contributed by atoms with van der Waals surface area (Å²) in [5.74, 6) is 0. The van der Waals surface area contributed by atoms with Gasteiger partial charge < -0.3 is 9.31 Å². The lowest BCUT2D eigenvalue weighted by Crippen LogP contribution is -2.41. The van der Waals surface area contributed by atoms with Crippen molar-refractivity contribution in [3.63, 3.8) is 0 Å². The minimum atomic E-state index is -0.524. The van der Waals surface area contributed by atoms with Crippen molar-refractivity contribution >= 4 is 18.2 Å². The highest BCUT2D eigenvalue weighted by atomic mass is 16.7. The summed E-state index contributed by atoms with van der Waals surface area (Å²) in [5.41, 5.74) is 12.6. The van der Waals surface area contributed by atoms with Gasteiger partial charge in [-0.05, 0) is 109 Å². The molecule has 0 N–H and O–H groups in total. The Morgan fingerprint density at radius 1 is 0.805 bits per heavy atom. The zero-order valence-electron chi connectivity index (χ0n) is 24.8. The molecule has 0 amide bonds. The van der Waals surface area contributed by atoms with Crippen molar-refractivity contribution in [1.82, 2.24) is 0 Å². The molecule has 3 aliphatic carbocycles. The number of fused-ring (bicyclic) bond motifs is 8. The third-order valence-electron chi connectivity index (χ3n) is 9.96. The Morgan fingerprint density at radius 3 is 2.12 bits per heavy atom. The lowest BCUT2D eigenvalue weighted by atomic mass is 9.64. The van der Waals surface area contributed by atoms with E-state index in [4.69, 9.17) is 9.31 Å². The largest absolute Gasteiger partial charge is 0.495 e. The van der Waals surface area contributed by atoms with E-state index in [2.05, 4.69) is 138 Å². The van der Waals surface area contributed by atoms with Gasteiger partial charge in [0.2, 0.25) is 0 Å². The predicted octanol–water partition coefficient (Wildman–Crippen LogP) is 8.48. The van der Waals surface area contributed by atoms with E-state index in [-0.39, 0.29) is 0 Å². The molecule has 3 heteroatoms. The second kappa shape index (κ2) is 9.18. The van der Waals surface area contributed by atoms with Gasteiger partial charge in [-0.2, -0.15) is 0 Å². The van der Waals surface area contributed by atoms with Crippen LogP contribution in [-0.4, -0.2) is 18.3 Å². The van der Waals surface area contributed by atoms with Gasteiger partial charge in [-0.25, -0.2) is 0 Å². The van der Waals surface area contributed by atoms with Crippen molar-refractivity contribution in [2.24, 2.45) is 0 Å². The summed E-state index contributed by atoms with van der Waals surface area (Å²) in [7, 11) is -0.457. The summed E-state index contributed by atoms with van der Waals surface area (Å²) < 4.78 is 13.3. The van der Waals surface area contributed by atoms with Gasteiger partial charge >= 0.3 is 7.12 Å². The average molecular weight is 537 g/mol. The maximum atomic E-state index is 6.67. The molecule has 1 fully saturated rings. The molecule has 0 saturated carbocycles. The second-order valence-electron chi connectivity index (χ2n) is 12.6. The highest BCUT2D eigenvalue weighted by molar-refractivity contribution is 6.64. The number of benzene rings is 3. The summed E-state index contributed by atoms with van der Waals surface area (Å²) in [6.07, 6.45) is 13.3. The van der Waals surface area contributed by atoms with Crippen molar-refractivity contribution in [2.75, 3.05) is 0 Å². The van der Waals surface area contributed by atoms with Crippen LogP contribution < -0.4 is 5.46 Å². The molecule has 0 radical (unpaired) electrons. The smallest absolute Gasteiger partial charge is 0.399 e. The molecule has 3 aromatic carbocycles. The molecular weight excluding hydrogens is 499 g/mol. The molecular formula is C38H37BO2. The number of allylic oxidation sites excluding steroid dienone is 9. The third-order valence-corrected chi connectivity index (χ3v) is 9.96. The van der Waals surface area contributed by atoms with E-state index < -0.39 is 23.7 Å². The van der Waals surface area contributed by atoms with Gasteiger partial charge in [0.1, 0.15) is 0 Å². The van der Waals surface area contributed by atoms with Crippen molar-refractivity contribution < 1.29 is 9.31 Å².